The summed E-state index contributed by atoms with van der Waals surface area (Å²) >= 11 is 0. The van der Waals surface area contributed by atoms with Gasteiger partial charge in [-0.2, -0.15) is 5.21 Å². The van der Waals surface area contributed by atoms with Crippen molar-refractivity contribution in [1.82, 2.24) is 35.3 Å². The third-order valence-electron chi connectivity index (χ3n) is 3.88. The van der Waals surface area contributed by atoms with E-state index in [1.165, 1.54) is 0 Å². The standard InChI is InChI=1S/C17H15N7O/c1-11(16-20-22-23-21-16)18-17(25)13-7-8-15-19-14(10-24(15)9-13)12-5-3-2-4-6-12/h2-11H,1H3,(H,18,25)(H,20,21,22,23). The molecule has 3 heterocycles. The van der Waals surface area contributed by atoms with Crippen LogP contribution in [0.3, 0.4) is 0 Å². The van der Waals surface area contributed by atoms with E-state index in [4.69, 9.17) is 0 Å². The highest BCUT2D eigenvalue weighted by Crippen LogP contribution is 2.19. The molecule has 4 rings (SSSR count). The zero-order chi connectivity index (χ0) is 17.2. The normalized spacial score (nSPS) is 12.2. The lowest BCUT2D eigenvalue weighted by molar-refractivity contribution is 0.0938. The van der Waals surface area contributed by atoms with Gasteiger partial charge < -0.3 is 9.72 Å². The maximum Gasteiger partial charge on any atom is 0.253 e. The molecule has 1 aromatic carbocycles. The van der Waals surface area contributed by atoms with Gasteiger partial charge in [0.05, 0.1) is 17.3 Å². The molecular weight excluding hydrogens is 318 g/mol. The van der Waals surface area contributed by atoms with Crippen molar-refractivity contribution in [3.63, 3.8) is 0 Å². The van der Waals surface area contributed by atoms with E-state index in [9.17, 15) is 4.79 Å². The maximum atomic E-state index is 12.4. The van der Waals surface area contributed by atoms with Crippen LogP contribution in [0.25, 0.3) is 16.9 Å². The Hall–Kier alpha value is -3.55. The Bertz CT molecular complexity index is 1010. The molecule has 8 nitrogen and oxygen atoms in total. The zero-order valence-electron chi connectivity index (χ0n) is 13.4. The van der Waals surface area contributed by atoms with Gasteiger partial charge in [0.1, 0.15) is 5.65 Å². The quantitative estimate of drug-likeness (QED) is 0.595. The number of hydrogen-bond donors (Lipinski definition) is 2. The van der Waals surface area contributed by atoms with Crippen molar-refractivity contribution in [2.75, 3.05) is 0 Å². The summed E-state index contributed by atoms with van der Waals surface area (Å²) < 4.78 is 1.84. The topological polar surface area (TPSA) is 101 Å². The van der Waals surface area contributed by atoms with Crippen LogP contribution < -0.4 is 5.32 Å². The van der Waals surface area contributed by atoms with Crippen LogP contribution in [0.5, 0.6) is 0 Å². The fourth-order valence-corrected chi connectivity index (χ4v) is 2.57. The number of aromatic nitrogens is 6. The number of fused-ring (bicyclic) bond motifs is 1. The molecule has 124 valence electrons. The Morgan fingerprint density at radius 2 is 2.00 bits per heavy atom. The summed E-state index contributed by atoms with van der Waals surface area (Å²) in [5, 5.41) is 16.5. The molecule has 4 aromatic rings. The van der Waals surface area contributed by atoms with Gasteiger partial charge in [0.15, 0.2) is 5.82 Å². The van der Waals surface area contributed by atoms with Crippen molar-refractivity contribution in [2.24, 2.45) is 0 Å². The molecule has 1 amide bonds. The van der Waals surface area contributed by atoms with E-state index < -0.39 is 0 Å². The molecule has 0 fully saturated rings. The first kappa shape index (κ1) is 15.0. The van der Waals surface area contributed by atoms with Crippen LogP contribution >= 0.6 is 0 Å². The number of carbonyl (C=O) groups is 1. The van der Waals surface area contributed by atoms with E-state index in [0.29, 0.717) is 11.4 Å². The van der Waals surface area contributed by atoms with Gasteiger partial charge in [-0.05, 0) is 19.1 Å². The molecule has 3 aromatic heterocycles. The van der Waals surface area contributed by atoms with Gasteiger partial charge in [-0.25, -0.2) is 4.98 Å². The lowest BCUT2D eigenvalue weighted by Gasteiger charge is -2.10. The van der Waals surface area contributed by atoms with Gasteiger partial charge in [0.25, 0.3) is 5.91 Å². The van der Waals surface area contributed by atoms with E-state index >= 15 is 0 Å². The Labute approximate surface area is 142 Å². The van der Waals surface area contributed by atoms with Crippen molar-refractivity contribution in [3.05, 3.63) is 66.2 Å². The first-order valence-corrected chi connectivity index (χ1v) is 7.79. The number of rotatable bonds is 4. The molecule has 0 aliphatic carbocycles. The average Bonchev–Trinajstić information content (AvgIpc) is 3.31. The van der Waals surface area contributed by atoms with Gasteiger partial charge >= 0.3 is 0 Å². The Morgan fingerprint density at radius 1 is 1.16 bits per heavy atom. The summed E-state index contributed by atoms with van der Waals surface area (Å²) in [6.45, 7) is 1.80. The molecule has 0 aliphatic rings. The third kappa shape index (κ3) is 2.97. The molecule has 0 spiro atoms. The predicted octanol–water partition coefficient (Wildman–Crippen LogP) is 2.01. The minimum Gasteiger partial charge on any atom is -0.342 e. The molecule has 0 bridgehead atoms. The van der Waals surface area contributed by atoms with Gasteiger partial charge in [-0.15, -0.1) is 10.2 Å². The number of aromatic amines is 1. The largest absolute Gasteiger partial charge is 0.342 e. The Kier molecular flexibility index (Phi) is 3.70. The van der Waals surface area contributed by atoms with Crippen LogP contribution in [-0.4, -0.2) is 35.9 Å². The summed E-state index contributed by atoms with van der Waals surface area (Å²) in [6.07, 6.45) is 3.66. The smallest absolute Gasteiger partial charge is 0.253 e. The Morgan fingerprint density at radius 3 is 2.76 bits per heavy atom. The molecule has 1 unspecified atom stereocenters. The molecule has 0 radical (unpaired) electrons. The number of benzene rings is 1. The van der Waals surface area contributed by atoms with Gasteiger partial charge in [0, 0.05) is 18.0 Å². The molecule has 0 saturated heterocycles. The lowest BCUT2D eigenvalue weighted by atomic mass is 10.2. The molecule has 2 N–H and O–H groups in total. The second kappa shape index (κ2) is 6.16. The summed E-state index contributed by atoms with van der Waals surface area (Å²) in [6, 6.07) is 13.1. The number of carbonyl (C=O) groups excluding carboxylic acids is 1. The van der Waals surface area contributed by atoms with Crippen LogP contribution in [0.4, 0.5) is 0 Å². The SMILES string of the molecule is CC(NC(=O)c1ccc2nc(-c3ccccc3)cn2c1)c1nn[nH]n1. The van der Waals surface area contributed by atoms with Crippen molar-refractivity contribution in [1.29, 1.82) is 0 Å². The number of pyridine rings is 1. The minimum absolute atomic E-state index is 0.214. The van der Waals surface area contributed by atoms with E-state index in [1.54, 1.807) is 19.2 Å². The summed E-state index contributed by atoms with van der Waals surface area (Å²) in [5.41, 5.74) is 3.20. The zero-order valence-corrected chi connectivity index (χ0v) is 13.4. The van der Waals surface area contributed by atoms with Crippen LogP contribution in [-0.2, 0) is 0 Å². The highest BCUT2D eigenvalue weighted by molar-refractivity contribution is 5.94. The molecule has 25 heavy (non-hydrogen) atoms. The summed E-state index contributed by atoms with van der Waals surface area (Å²) in [7, 11) is 0. The fraction of sp³-hybridized carbons (Fsp3) is 0.118. The highest BCUT2D eigenvalue weighted by atomic mass is 16.1. The van der Waals surface area contributed by atoms with Gasteiger partial charge in [-0.3, -0.25) is 4.79 Å². The summed E-state index contributed by atoms with van der Waals surface area (Å²) in [4.78, 5) is 17.0. The van der Waals surface area contributed by atoms with E-state index in [0.717, 1.165) is 16.9 Å². The Balaban J connectivity index is 1.59. The number of nitrogens with one attached hydrogen (secondary N) is 2. The van der Waals surface area contributed by atoms with Crippen LogP contribution in [0.1, 0.15) is 29.1 Å². The van der Waals surface area contributed by atoms with E-state index in [1.807, 2.05) is 47.0 Å². The second-order valence-electron chi connectivity index (χ2n) is 5.64. The van der Waals surface area contributed by atoms with Crippen LogP contribution in [0, 0.1) is 0 Å². The van der Waals surface area contributed by atoms with Crippen molar-refractivity contribution in [2.45, 2.75) is 13.0 Å². The van der Waals surface area contributed by atoms with Crippen molar-refractivity contribution in [3.8, 4) is 11.3 Å². The predicted molar refractivity (Wildman–Crippen MR) is 90.7 cm³/mol. The molecule has 8 heteroatoms. The van der Waals surface area contributed by atoms with Crippen molar-refractivity contribution < 1.29 is 4.79 Å². The number of hydrogen-bond acceptors (Lipinski definition) is 5. The monoisotopic (exact) mass is 333 g/mol. The van der Waals surface area contributed by atoms with Crippen molar-refractivity contribution >= 4 is 11.6 Å². The molecule has 0 aliphatic heterocycles. The molecule has 0 saturated carbocycles. The first-order chi connectivity index (χ1) is 12.2. The number of tetrazole rings is 1. The van der Waals surface area contributed by atoms with Gasteiger partial charge in [-0.1, -0.05) is 35.5 Å². The number of imidazole rings is 1. The highest BCUT2D eigenvalue weighted by Gasteiger charge is 2.15. The maximum absolute atomic E-state index is 12.4. The summed E-state index contributed by atoms with van der Waals surface area (Å²) in [5.74, 6) is 0.220. The van der Waals surface area contributed by atoms with Crippen LogP contribution in [0.15, 0.2) is 54.9 Å². The first-order valence-electron chi connectivity index (χ1n) is 7.79. The second-order valence-corrected chi connectivity index (χ2v) is 5.64. The molecule has 1 atom stereocenters. The van der Waals surface area contributed by atoms with E-state index in [2.05, 4.69) is 30.9 Å². The minimum atomic E-state index is -0.343. The number of nitrogens with zero attached hydrogens (tertiary/aromatic N) is 5. The van der Waals surface area contributed by atoms with E-state index in [-0.39, 0.29) is 11.9 Å². The third-order valence-corrected chi connectivity index (χ3v) is 3.88. The van der Waals surface area contributed by atoms with Gasteiger partial charge in [0.2, 0.25) is 0 Å². The van der Waals surface area contributed by atoms with Crippen LogP contribution in [0.2, 0.25) is 0 Å². The fourth-order valence-electron chi connectivity index (χ4n) is 2.57. The number of H-pyrrole nitrogens is 1. The average molecular weight is 333 g/mol. The lowest BCUT2D eigenvalue weighted by Crippen LogP contribution is -2.27. The molecular formula is C17H15N7O. The number of amides is 1.